The third kappa shape index (κ3) is 2.47. The van der Waals surface area contributed by atoms with Gasteiger partial charge in [-0.25, -0.2) is 14.8 Å². The van der Waals surface area contributed by atoms with Gasteiger partial charge < -0.3 is 9.72 Å². The van der Waals surface area contributed by atoms with E-state index in [1.54, 1.807) is 18.3 Å². The first-order valence-corrected chi connectivity index (χ1v) is 8.21. The maximum atomic E-state index is 11.7. The van der Waals surface area contributed by atoms with Crippen LogP contribution in [0.4, 0.5) is 0 Å². The third-order valence-electron chi connectivity index (χ3n) is 3.76. The Morgan fingerprint density at radius 1 is 1.25 bits per heavy atom. The average Bonchev–Trinajstić information content (AvgIpc) is 3.27. The Balaban J connectivity index is 1.74. The molecule has 3 heterocycles. The highest BCUT2D eigenvalue weighted by atomic mass is 32.1. The van der Waals surface area contributed by atoms with Crippen molar-refractivity contribution < 1.29 is 9.53 Å². The summed E-state index contributed by atoms with van der Waals surface area (Å²) in [4.78, 5) is 23.9. The fraction of sp³-hybridized carbons (Fsp3) is 0.0556. The molecule has 4 aromatic rings. The van der Waals surface area contributed by atoms with Crippen LogP contribution in [0.15, 0.2) is 54.2 Å². The Hall–Kier alpha value is -2.99. The van der Waals surface area contributed by atoms with Crippen LogP contribution in [-0.4, -0.2) is 28.0 Å². The molecule has 0 fully saturated rings. The lowest BCUT2D eigenvalue weighted by Crippen LogP contribution is -2.00. The van der Waals surface area contributed by atoms with Gasteiger partial charge in [-0.2, -0.15) is 0 Å². The minimum Gasteiger partial charge on any atom is -0.465 e. The number of esters is 1. The van der Waals surface area contributed by atoms with Crippen molar-refractivity contribution in [2.45, 2.75) is 0 Å². The van der Waals surface area contributed by atoms with Crippen molar-refractivity contribution in [1.82, 2.24) is 15.0 Å². The van der Waals surface area contributed by atoms with Crippen molar-refractivity contribution in [1.29, 1.82) is 0 Å². The van der Waals surface area contributed by atoms with Gasteiger partial charge in [-0.05, 0) is 24.3 Å². The van der Waals surface area contributed by atoms with E-state index in [2.05, 4.69) is 9.97 Å². The molecule has 0 amide bonds. The second-order valence-electron chi connectivity index (χ2n) is 5.21. The molecule has 0 aliphatic rings. The van der Waals surface area contributed by atoms with E-state index in [9.17, 15) is 4.79 Å². The monoisotopic (exact) mass is 335 g/mol. The molecular weight excluding hydrogens is 322 g/mol. The number of nitrogens with one attached hydrogen (secondary N) is 1. The minimum atomic E-state index is -0.351. The fourth-order valence-corrected chi connectivity index (χ4v) is 3.41. The summed E-state index contributed by atoms with van der Waals surface area (Å²) in [5.41, 5.74) is 4.16. The molecule has 0 saturated heterocycles. The van der Waals surface area contributed by atoms with Crippen molar-refractivity contribution in [3.63, 3.8) is 0 Å². The number of aromatic amines is 1. The van der Waals surface area contributed by atoms with Gasteiger partial charge in [0.2, 0.25) is 0 Å². The quantitative estimate of drug-likeness (QED) is 0.571. The summed E-state index contributed by atoms with van der Waals surface area (Å²) in [6, 6.07) is 11.2. The van der Waals surface area contributed by atoms with E-state index in [1.807, 2.05) is 35.8 Å². The Kier molecular flexibility index (Phi) is 3.59. The Labute approximate surface area is 142 Å². The van der Waals surface area contributed by atoms with Crippen molar-refractivity contribution in [2.75, 3.05) is 7.11 Å². The van der Waals surface area contributed by atoms with Gasteiger partial charge in [0.25, 0.3) is 0 Å². The van der Waals surface area contributed by atoms with Gasteiger partial charge in [-0.3, -0.25) is 0 Å². The van der Waals surface area contributed by atoms with E-state index < -0.39 is 0 Å². The minimum absolute atomic E-state index is 0.351. The fourth-order valence-electron chi connectivity index (χ4n) is 2.59. The molecule has 0 aliphatic heterocycles. The van der Waals surface area contributed by atoms with Crippen molar-refractivity contribution >= 4 is 28.3 Å². The number of hydrogen-bond donors (Lipinski definition) is 1. The zero-order valence-electron chi connectivity index (χ0n) is 12.8. The smallest absolute Gasteiger partial charge is 0.337 e. The largest absolute Gasteiger partial charge is 0.465 e. The van der Waals surface area contributed by atoms with Crippen LogP contribution in [-0.2, 0) is 4.74 Å². The highest BCUT2D eigenvalue weighted by molar-refractivity contribution is 7.13. The maximum absolute atomic E-state index is 11.7. The van der Waals surface area contributed by atoms with Gasteiger partial charge in [0, 0.05) is 34.3 Å². The molecule has 3 aromatic heterocycles. The molecule has 0 saturated carbocycles. The summed E-state index contributed by atoms with van der Waals surface area (Å²) in [6.07, 6.45) is 3.68. The lowest BCUT2D eigenvalue weighted by molar-refractivity contribution is 0.0601. The van der Waals surface area contributed by atoms with Gasteiger partial charge in [-0.1, -0.05) is 12.1 Å². The van der Waals surface area contributed by atoms with Crippen LogP contribution in [0.3, 0.4) is 0 Å². The second kappa shape index (κ2) is 5.90. The van der Waals surface area contributed by atoms with E-state index in [4.69, 9.17) is 9.72 Å². The first-order valence-electron chi connectivity index (χ1n) is 7.33. The maximum Gasteiger partial charge on any atom is 0.337 e. The zero-order valence-corrected chi connectivity index (χ0v) is 13.6. The molecule has 4 rings (SSSR count). The van der Waals surface area contributed by atoms with Crippen molar-refractivity contribution in [3.05, 3.63) is 59.7 Å². The Morgan fingerprint density at radius 2 is 2.17 bits per heavy atom. The van der Waals surface area contributed by atoms with Gasteiger partial charge in [0.05, 0.1) is 18.4 Å². The molecule has 1 aromatic carbocycles. The number of pyridine rings is 1. The SMILES string of the molecule is COC(=O)c1cccc(-c2nc(-c3c[nH]c4ncccc34)cs2)c1. The van der Waals surface area contributed by atoms with E-state index in [1.165, 1.54) is 18.4 Å². The summed E-state index contributed by atoms with van der Waals surface area (Å²) in [6.45, 7) is 0. The molecule has 0 spiro atoms. The standard InChI is InChI=1S/C18H13N3O2S/c1-23-18(22)12-5-2-4-11(8-12)17-21-15(10-24-17)14-9-20-16-13(14)6-3-7-19-16/h2-10H,1H3,(H,19,20). The van der Waals surface area contributed by atoms with Crippen LogP contribution in [0.25, 0.3) is 32.9 Å². The van der Waals surface area contributed by atoms with Crippen LogP contribution in [0.2, 0.25) is 0 Å². The van der Waals surface area contributed by atoms with E-state index in [0.717, 1.165) is 32.9 Å². The van der Waals surface area contributed by atoms with Crippen LogP contribution in [0.1, 0.15) is 10.4 Å². The second-order valence-corrected chi connectivity index (χ2v) is 6.07. The Morgan fingerprint density at radius 3 is 3.04 bits per heavy atom. The molecule has 118 valence electrons. The molecule has 6 heteroatoms. The van der Waals surface area contributed by atoms with Crippen molar-refractivity contribution in [2.24, 2.45) is 0 Å². The number of H-pyrrole nitrogens is 1. The molecule has 0 unspecified atom stereocenters. The molecule has 0 bridgehead atoms. The highest BCUT2D eigenvalue weighted by Gasteiger charge is 2.13. The number of rotatable bonds is 3. The lowest BCUT2D eigenvalue weighted by Gasteiger charge is -2.01. The molecule has 1 N–H and O–H groups in total. The van der Waals surface area contributed by atoms with Gasteiger partial charge in [0.15, 0.2) is 0 Å². The zero-order chi connectivity index (χ0) is 16.5. The summed E-state index contributed by atoms with van der Waals surface area (Å²) in [7, 11) is 1.38. The number of aromatic nitrogens is 3. The number of carbonyl (C=O) groups is 1. The topological polar surface area (TPSA) is 67.9 Å². The summed E-state index contributed by atoms with van der Waals surface area (Å²) >= 11 is 1.54. The molecule has 0 atom stereocenters. The highest BCUT2D eigenvalue weighted by Crippen LogP contribution is 2.32. The van der Waals surface area contributed by atoms with Gasteiger partial charge in [-0.15, -0.1) is 11.3 Å². The summed E-state index contributed by atoms with van der Waals surface area (Å²) in [5, 5.41) is 3.90. The van der Waals surface area contributed by atoms with E-state index in [0.29, 0.717) is 5.56 Å². The first-order chi connectivity index (χ1) is 11.8. The molecule has 24 heavy (non-hydrogen) atoms. The number of benzene rings is 1. The molecular formula is C18H13N3O2S. The number of thiazole rings is 1. The average molecular weight is 335 g/mol. The predicted octanol–water partition coefficient (Wildman–Crippen LogP) is 4.14. The van der Waals surface area contributed by atoms with E-state index >= 15 is 0 Å². The van der Waals surface area contributed by atoms with E-state index in [-0.39, 0.29) is 5.97 Å². The van der Waals surface area contributed by atoms with Crippen LogP contribution < -0.4 is 0 Å². The lowest BCUT2D eigenvalue weighted by atomic mass is 10.1. The summed E-state index contributed by atoms with van der Waals surface area (Å²) < 4.78 is 4.77. The third-order valence-corrected chi connectivity index (χ3v) is 4.65. The van der Waals surface area contributed by atoms with Crippen LogP contribution >= 0.6 is 11.3 Å². The number of methoxy groups -OCH3 is 1. The molecule has 5 nitrogen and oxygen atoms in total. The van der Waals surface area contributed by atoms with Crippen molar-refractivity contribution in [3.8, 4) is 21.8 Å². The van der Waals surface area contributed by atoms with Crippen LogP contribution in [0, 0.1) is 0 Å². The predicted molar refractivity (Wildman–Crippen MR) is 94.0 cm³/mol. The number of fused-ring (bicyclic) bond motifs is 1. The van der Waals surface area contributed by atoms with Gasteiger partial charge in [0.1, 0.15) is 10.7 Å². The number of hydrogen-bond acceptors (Lipinski definition) is 5. The summed E-state index contributed by atoms with van der Waals surface area (Å²) in [5.74, 6) is -0.351. The van der Waals surface area contributed by atoms with Crippen LogP contribution in [0.5, 0.6) is 0 Å². The number of nitrogens with zero attached hydrogens (tertiary/aromatic N) is 2. The normalized spacial score (nSPS) is 10.9. The Bertz CT molecular complexity index is 1040. The molecule has 0 aliphatic carbocycles. The molecule has 0 radical (unpaired) electrons. The van der Waals surface area contributed by atoms with Gasteiger partial charge >= 0.3 is 5.97 Å². The number of carbonyl (C=O) groups excluding carboxylic acids is 1. The first kappa shape index (κ1) is 14.6. The number of ether oxygens (including phenoxy) is 1.